The van der Waals surface area contributed by atoms with Crippen molar-refractivity contribution < 1.29 is 0 Å². The number of nitrogens with zero attached hydrogens (tertiary/aromatic N) is 2. The van der Waals surface area contributed by atoms with Crippen molar-refractivity contribution in [2.24, 2.45) is 0 Å². The molecule has 0 amide bonds. The minimum Gasteiger partial charge on any atom is -0.279 e. The fourth-order valence-corrected chi connectivity index (χ4v) is 5.67. The van der Waals surface area contributed by atoms with Gasteiger partial charge in [-0.1, -0.05) is 54.0 Å². The molecule has 1 aromatic carbocycles. The van der Waals surface area contributed by atoms with E-state index in [0.717, 1.165) is 11.5 Å². The summed E-state index contributed by atoms with van der Waals surface area (Å²) in [5.74, 6) is 2.05. The Morgan fingerprint density at radius 2 is 1.84 bits per heavy atom. The molecule has 3 unspecified atom stereocenters. The zero-order valence-electron chi connectivity index (χ0n) is 11.0. The van der Waals surface area contributed by atoms with Crippen LogP contribution in [0.5, 0.6) is 0 Å². The normalized spacial score (nSPS) is 25.8. The van der Waals surface area contributed by atoms with Crippen molar-refractivity contribution in [3.05, 3.63) is 35.4 Å². The molecule has 0 aliphatic carbocycles. The van der Waals surface area contributed by atoms with Crippen LogP contribution in [0, 0.1) is 11.5 Å². The molecule has 3 atom stereocenters. The van der Waals surface area contributed by atoms with Gasteiger partial charge in [0, 0.05) is 0 Å². The van der Waals surface area contributed by atoms with Crippen molar-refractivity contribution in [1.82, 2.24) is 4.90 Å². The van der Waals surface area contributed by atoms with Crippen LogP contribution in [0.25, 0.3) is 0 Å². The van der Waals surface area contributed by atoms with Gasteiger partial charge in [0.05, 0.1) is 5.25 Å². The molecule has 102 valence electrons. The van der Waals surface area contributed by atoms with Gasteiger partial charge >= 0.3 is 0 Å². The lowest BCUT2D eigenvalue weighted by Gasteiger charge is -2.41. The van der Waals surface area contributed by atoms with Crippen LogP contribution in [-0.4, -0.2) is 21.4 Å². The Morgan fingerprint density at radius 3 is 2.42 bits per heavy atom. The number of benzene rings is 1. The van der Waals surface area contributed by atoms with Crippen LogP contribution in [0.15, 0.2) is 24.3 Å². The van der Waals surface area contributed by atoms with E-state index < -0.39 is 0 Å². The van der Waals surface area contributed by atoms with E-state index in [9.17, 15) is 5.26 Å². The third kappa shape index (κ3) is 2.91. The predicted octanol–water partition coefficient (Wildman–Crippen LogP) is 4.75. The molecule has 0 spiro atoms. The molecule has 0 saturated carbocycles. The van der Waals surface area contributed by atoms with Crippen molar-refractivity contribution in [3.8, 4) is 6.19 Å². The summed E-state index contributed by atoms with van der Waals surface area (Å²) in [5, 5.41) is 9.94. The SMILES string of the molecule is CCSC1c2ccccc2C(SCC)N(C#N)C1Br. The molecule has 1 heterocycles. The lowest BCUT2D eigenvalue weighted by atomic mass is 9.99. The first kappa shape index (κ1) is 15.1. The van der Waals surface area contributed by atoms with Gasteiger partial charge in [-0.25, -0.2) is 0 Å². The molecular weight excluding hydrogens is 340 g/mol. The van der Waals surface area contributed by atoms with E-state index in [1.807, 2.05) is 28.4 Å². The smallest absolute Gasteiger partial charge is 0.181 e. The van der Waals surface area contributed by atoms with E-state index in [-0.39, 0.29) is 10.3 Å². The Hall–Kier alpha value is -0.310. The average Bonchev–Trinajstić information content (AvgIpc) is 2.44. The summed E-state index contributed by atoms with van der Waals surface area (Å²) in [6.45, 7) is 4.30. The van der Waals surface area contributed by atoms with Crippen LogP contribution in [0.3, 0.4) is 0 Å². The highest BCUT2D eigenvalue weighted by Crippen LogP contribution is 2.50. The number of hydrogen-bond acceptors (Lipinski definition) is 4. The van der Waals surface area contributed by atoms with E-state index >= 15 is 0 Å². The van der Waals surface area contributed by atoms with Crippen LogP contribution in [0.2, 0.25) is 0 Å². The second-order valence-electron chi connectivity index (χ2n) is 4.19. The second-order valence-corrected chi connectivity index (χ2v) is 7.91. The maximum absolute atomic E-state index is 9.49. The molecule has 1 aliphatic rings. The Bertz CT molecular complexity index is 475. The van der Waals surface area contributed by atoms with E-state index in [2.05, 4.69) is 60.2 Å². The number of halogens is 1. The van der Waals surface area contributed by atoms with Gasteiger partial charge in [0.25, 0.3) is 0 Å². The van der Waals surface area contributed by atoms with Crippen molar-refractivity contribution in [2.75, 3.05) is 11.5 Å². The molecule has 19 heavy (non-hydrogen) atoms. The van der Waals surface area contributed by atoms with Gasteiger partial charge in [-0.2, -0.15) is 17.0 Å². The zero-order valence-corrected chi connectivity index (χ0v) is 14.3. The van der Waals surface area contributed by atoms with Crippen LogP contribution in [0.4, 0.5) is 0 Å². The number of rotatable bonds is 4. The highest BCUT2D eigenvalue weighted by Gasteiger charge is 2.39. The summed E-state index contributed by atoms with van der Waals surface area (Å²) in [6, 6.07) is 8.53. The fraction of sp³-hybridized carbons (Fsp3) is 0.500. The summed E-state index contributed by atoms with van der Waals surface area (Å²) >= 11 is 7.44. The maximum Gasteiger partial charge on any atom is 0.181 e. The first-order chi connectivity index (χ1) is 9.24. The van der Waals surface area contributed by atoms with Crippen LogP contribution >= 0.6 is 39.5 Å². The standard InChI is InChI=1S/C14H17BrN2S2/c1-3-18-12-10-7-5-6-8-11(10)14(19-4-2)17(9-16)13(12)15/h5-8,12-14H,3-4H2,1-2H3. The summed E-state index contributed by atoms with van der Waals surface area (Å²) < 4.78 is 0. The summed E-state index contributed by atoms with van der Waals surface area (Å²) in [6.07, 6.45) is 2.37. The molecule has 5 heteroatoms. The Morgan fingerprint density at radius 1 is 1.21 bits per heavy atom. The molecule has 1 aliphatic heterocycles. The lowest BCUT2D eigenvalue weighted by molar-refractivity contribution is 0.332. The Labute approximate surface area is 132 Å². The van der Waals surface area contributed by atoms with Gasteiger partial charge in [-0.15, -0.1) is 11.8 Å². The number of alkyl halides is 1. The second kappa shape index (κ2) is 6.92. The van der Waals surface area contributed by atoms with Gasteiger partial charge in [-0.3, -0.25) is 4.90 Å². The molecule has 0 N–H and O–H groups in total. The number of fused-ring (bicyclic) bond motifs is 1. The first-order valence-corrected chi connectivity index (χ1v) is 9.40. The highest BCUT2D eigenvalue weighted by molar-refractivity contribution is 9.09. The third-order valence-electron chi connectivity index (χ3n) is 3.12. The quantitative estimate of drug-likeness (QED) is 0.441. The minimum absolute atomic E-state index is 0.0707. The number of thioether (sulfide) groups is 2. The van der Waals surface area contributed by atoms with Crippen molar-refractivity contribution in [1.29, 1.82) is 5.26 Å². The zero-order chi connectivity index (χ0) is 13.8. The molecule has 1 aromatic rings. The molecule has 2 nitrogen and oxygen atoms in total. The topological polar surface area (TPSA) is 27.0 Å². The van der Waals surface area contributed by atoms with E-state index in [1.54, 1.807) is 0 Å². The number of hydrogen-bond donors (Lipinski definition) is 0. The monoisotopic (exact) mass is 356 g/mol. The largest absolute Gasteiger partial charge is 0.279 e. The van der Waals surface area contributed by atoms with E-state index in [4.69, 9.17) is 0 Å². The molecule has 0 bridgehead atoms. The predicted molar refractivity (Wildman–Crippen MR) is 88.4 cm³/mol. The molecular formula is C14H17BrN2S2. The summed E-state index contributed by atoms with van der Waals surface area (Å²) in [7, 11) is 0. The van der Waals surface area contributed by atoms with Gasteiger partial charge in [0.15, 0.2) is 6.19 Å². The first-order valence-electron chi connectivity index (χ1n) is 6.38. The summed E-state index contributed by atoms with van der Waals surface area (Å²) in [4.78, 5) is 1.96. The molecule has 0 aromatic heterocycles. The minimum atomic E-state index is 0.0707. The van der Waals surface area contributed by atoms with Crippen LogP contribution in [-0.2, 0) is 0 Å². The fourth-order valence-electron chi connectivity index (χ4n) is 2.35. The van der Waals surface area contributed by atoms with Crippen molar-refractivity contribution in [3.63, 3.8) is 0 Å². The highest BCUT2D eigenvalue weighted by atomic mass is 79.9. The molecule has 0 radical (unpaired) electrons. The Kier molecular flexibility index (Phi) is 5.49. The molecule has 0 fully saturated rings. The van der Waals surface area contributed by atoms with E-state index in [1.165, 1.54) is 11.1 Å². The third-order valence-corrected chi connectivity index (χ3v) is 6.78. The average molecular weight is 357 g/mol. The summed E-state index contributed by atoms with van der Waals surface area (Å²) in [5.41, 5.74) is 2.66. The van der Waals surface area contributed by atoms with Gasteiger partial charge in [-0.05, 0) is 22.6 Å². The maximum atomic E-state index is 9.49. The Balaban J connectivity index is 2.47. The van der Waals surface area contributed by atoms with Gasteiger partial charge in [0.2, 0.25) is 0 Å². The van der Waals surface area contributed by atoms with Crippen molar-refractivity contribution in [2.45, 2.75) is 29.4 Å². The van der Waals surface area contributed by atoms with Crippen LogP contribution in [0.1, 0.15) is 35.6 Å². The van der Waals surface area contributed by atoms with Gasteiger partial charge < -0.3 is 0 Å². The van der Waals surface area contributed by atoms with E-state index in [0.29, 0.717) is 5.25 Å². The number of nitriles is 1. The van der Waals surface area contributed by atoms with Gasteiger partial charge in [0.1, 0.15) is 10.3 Å². The van der Waals surface area contributed by atoms with Crippen LogP contribution < -0.4 is 0 Å². The molecule has 0 saturated heterocycles. The lowest BCUT2D eigenvalue weighted by Crippen LogP contribution is -2.38. The van der Waals surface area contributed by atoms with Crippen molar-refractivity contribution >= 4 is 39.5 Å². The molecule has 2 rings (SSSR count).